The van der Waals surface area contributed by atoms with Gasteiger partial charge in [-0.05, 0) is 38.0 Å². The highest BCUT2D eigenvalue weighted by molar-refractivity contribution is 5.63. The fourth-order valence-corrected chi connectivity index (χ4v) is 1.93. The molecule has 6 heteroatoms. The van der Waals surface area contributed by atoms with Crippen molar-refractivity contribution in [1.29, 1.82) is 0 Å². The first-order valence-corrected chi connectivity index (χ1v) is 7.09. The molecule has 0 fully saturated rings. The number of methoxy groups -OCH3 is 1. The molecule has 0 atom stereocenters. The number of hydrogen-bond acceptors (Lipinski definition) is 5. The summed E-state index contributed by atoms with van der Waals surface area (Å²) in [7, 11) is 3.33. The molecule has 1 aromatic carbocycles. The number of carbonyl (C=O) groups excluding carboxylic acids is 1. The van der Waals surface area contributed by atoms with Crippen LogP contribution in [0.3, 0.4) is 0 Å². The zero-order valence-corrected chi connectivity index (χ0v) is 13.5. The van der Waals surface area contributed by atoms with Gasteiger partial charge in [0.2, 0.25) is 5.88 Å². The van der Waals surface area contributed by atoms with Gasteiger partial charge in [-0.25, -0.2) is 9.78 Å². The van der Waals surface area contributed by atoms with Crippen LogP contribution in [0.15, 0.2) is 24.3 Å². The van der Waals surface area contributed by atoms with Gasteiger partial charge >= 0.3 is 6.16 Å². The normalized spacial score (nSPS) is 9.74. The molecule has 23 heavy (non-hydrogen) atoms. The Labute approximate surface area is 135 Å². The molecule has 0 aliphatic carbocycles. The second kappa shape index (κ2) is 7.36. The molecule has 0 saturated carbocycles. The monoisotopic (exact) mass is 314 g/mol. The smallest absolute Gasteiger partial charge is 0.497 e. The van der Waals surface area contributed by atoms with Crippen LogP contribution in [0.4, 0.5) is 4.79 Å². The van der Waals surface area contributed by atoms with Gasteiger partial charge in [0.05, 0.1) is 13.7 Å². The van der Waals surface area contributed by atoms with Crippen molar-refractivity contribution in [3.8, 4) is 23.5 Å². The molecule has 0 aliphatic heterocycles. The van der Waals surface area contributed by atoms with Crippen LogP contribution in [0, 0.1) is 18.8 Å². The molecule has 0 bridgehead atoms. The quantitative estimate of drug-likeness (QED) is 0.644. The lowest BCUT2D eigenvalue weighted by Crippen LogP contribution is -2.13. The summed E-state index contributed by atoms with van der Waals surface area (Å²) < 4.78 is 16.7. The summed E-state index contributed by atoms with van der Waals surface area (Å²) in [6, 6.07) is 7.42. The summed E-state index contributed by atoms with van der Waals surface area (Å²) in [5, 5.41) is 0. The van der Waals surface area contributed by atoms with E-state index in [1.165, 1.54) is 0 Å². The molecule has 120 valence electrons. The molecule has 0 unspecified atom stereocenters. The van der Waals surface area contributed by atoms with E-state index in [2.05, 4.69) is 16.8 Å². The standard InChI is InChI=1S/C17H18N2O4/c1-5-22-17(20)23-16-12(2)18-15(19(16)3)10-9-13-7-6-8-14(11-13)21-4/h6-8,11H,5H2,1-4H3. The number of aromatic nitrogens is 2. The molecular weight excluding hydrogens is 296 g/mol. The van der Waals surface area contributed by atoms with Crippen LogP contribution in [-0.4, -0.2) is 29.4 Å². The van der Waals surface area contributed by atoms with Gasteiger partial charge in [-0.15, -0.1) is 0 Å². The molecule has 2 rings (SSSR count). The summed E-state index contributed by atoms with van der Waals surface area (Å²) in [5.74, 6) is 7.52. The number of hydrogen-bond donors (Lipinski definition) is 0. The highest BCUT2D eigenvalue weighted by Gasteiger charge is 2.15. The minimum absolute atomic E-state index is 0.248. The molecule has 0 saturated heterocycles. The van der Waals surface area contributed by atoms with E-state index in [1.807, 2.05) is 24.3 Å². The second-order valence-corrected chi connectivity index (χ2v) is 4.65. The van der Waals surface area contributed by atoms with Crippen molar-refractivity contribution in [2.75, 3.05) is 13.7 Å². The van der Waals surface area contributed by atoms with E-state index in [-0.39, 0.29) is 6.61 Å². The molecule has 0 spiro atoms. The summed E-state index contributed by atoms with van der Waals surface area (Å²) in [4.78, 5) is 15.7. The highest BCUT2D eigenvalue weighted by atomic mass is 16.7. The van der Waals surface area contributed by atoms with E-state index in [9.17, 15) is 4.79 Å². The lowest BCUT2D eigenvalue weighted by molar-refractivity contribution is 0.101. The Hall–Kier alpha value is -2.94. The Bertz CT molecular complexity index is 769. The predicted octanol–water partition coefficient (Wildman–Crippen LogP) is 2.67. The van der Waals surface area contributed by atoms with Crippen molar-refractivity contribution in [1.82, 2.24) is 9.55 Å². The van der Waals surface area contributed by atoms with Crippen LogP contribution < -0.4 is 9.47 Å². The van der Waals surface area contributed by atoms with Gasteiger partial charge in [-0.1, -0.05) is 12.0 Å². The van der Waals surface area contributed by atoms with Crippen LogP contribution in [0.2, 0.25) is 0 Å². The Morgan fingerprint density at radius 2 is 2.13 bits per heavy atom. The van der Waals surface area contributed by atoms with Crippen LogP contribution in [0.25, 0.3) is 0 Å². The van der Waals surface area contributed by atoms with Gasteiger partial charge in [0.25, 0.3) is 0 Å². The largest absolute Gasteiger partial charge is 0.515 e. The maximum Gasteiger partial charge on any atom is 0.515 e. The summed E-state index contributed by atoms with van der Waals surface area (Å²) in [6.07, 6.45) is -0.758. The number of nitrogens with zero attached hydrogens (tertiary/aromatic N) is 2. The predicted molar refractivity (Wildman–Crippen MR) is 84.6 cm³/mol. The molecule has 0 aliphatic rings. The highest BCUT2D eigenvalue weighted by Crippen LogP contribution is 2.19. The van der Waals surface area contributed by atoms with Crippen molar-refractivity contribution >= 4 is 6.16 Å². The molecule has 0 radical (unpaired) electrons. The molecule has 2 aromatic rings. The number of rotatable bonds is 3. The number of ether oxygens (including phenoxy) is 3. The van der Waals surface area contributed by atoms with Gasteiger partial charge in [-0.2, -0.15) is 0 Å². The summed E-state index contributed by atoms with van der Waals surface area (Å²) in [5.41, 5.74) is 1.37. The second-order valence-electron chi connectivity index (χ2n) is 4.65. The SMILES string of the molecule is CCOC(=O)Oc1c(C)nc(C#Cc2cccc(OC)c2)n1C. The van der Waals surface area contributed by atoms with Gasteiger partial charge in [0.15, 0.2) is 5.82 Å². The molecular formula is C17H18N2O4. The van der Waals surface area contributed by atoms with E-state index in [0.29, 0.717) is 17.4 Å². The van der Waals surface area contributed by atoms with Gasteiger partial charge in [0.1, 0.15) is 11.4 Å². The Morgan fingerprint density at radius 1 is 1.35 bits per heavy atom. The van der Waals surface area contributed by atoms with Crippen molar-refractivity contribution in [2.24, 2.45) is 7.05 Å². The first-order valence-electron chi connectivity index (χ1n) is 7.09. The van der Waals surface area contributed by atoms with Gasteiger partial charge in [-0.3, -0.25) is 4.57 Å². The Kier molecular flexibility index (Phi) is 5.26. The van der Waals surface area contributed by atoms with Crippen molar-refractivity contribution < 1.29 is 19.0 Å². The fourth-order valence-electron chi connectivity index (χ4n) is 1.93. The third kappa shape index (κ3) is 4.04. The zero-order valence-electron chi connectivity index (χ0n) is 13.5. The van der Waals surface area contributed by atoms with Crippen LogP contribution in [0.5, 0.6) is 11.6 Å². The first kappa shape index (κ1) is 16.4. The van der Waals surface area contributed by atoms with Crippen molar-refractivity contribution in [3.63, 3.8) is 0 Å². The zero-order chi connectivity index (χ0) is 16.8. The van der Waals surface area contributed by atoms with Crippen LogP contribution >= 0.6 is 0 Å². The Balaban J connectivity index is 2.25. The van der Waals surface area contributed by atoms with Gasteiger partial charge in [0, 0.05) is 12.6 Å². The molecule has 0 N–H and O–H groups in total. The summed E-state index contributed by atoms with van der Waals surface area (Å²) >= 11 is 0. The molecule has 6 nitrogen and oxygen atoms in total. The average Bonchev–Trinajstić information content (AvgIpc) is 2.81. The average molecular weight is 314 g/mol. The number of imidazole rings is 1. The van der Waals surface area contributed by atoms with E-state index in [4.69, 9.17) is 14.2 Å². The summed E-state index contributed by atoms with van der Waals surface area (Å²) in [6.45, 7) is 3.70. The number of aryl methyl sites for hydroxylation is 1. The van der Waals surface area contributed by atoms with E-state index in [1.54, 1.807) is 32.6 Å². The fraction of sp³-hybridized carbons (Fsp3) is 0.294. The third-order valence-corrected chi connectivity index (χ3v) is 3.04. The van der Waals surface area contributed by atoms with Gasteiger partial charge < -0.3 is 14.2 Å². The van der Waals surface area contributed by atoms with Crippen LogP contribution in [-0.2, 0) is 11.8 Å². The topological polar surface area (TPSA) is 62.6 Å². The maximum atomic E-state index is 11.4. The molecule has 1 aromatic heterocycles. The maximum absolute atomic E-state index is 11.4. The third-order valence-electron chi connectivity index (χ3n) is 3.04. The van der Waals surface area contributed by atoms with E-state index < -0.39 is 6.16 Å². The Morgan fingerprint density at radius 3 is 2.83 bits per heavy atom. The van der Waals surface area contributed by atoms with Crippen LogP contribution in [0.1, 0.15) is 24.0 Å². The van der Waals surface area contributed by atoms with E-state index >= 15 is 0 Å². The lowest BCUT2D eigenvalue weighted by atomic mass is 10.2. The number of carbonyl (C=O) groups is 1. The minimum Gasteiger partial charge on any atom is -0.497 e. The van der Waals surface area contributed by atoms with E-state index in [0.717, 1.165) is 11.3 Å². The van der Waals surface area contributed by atoms with Crippen molar-refractivity contribution in [3.05, 3.63) is 41.3 Å². The lowest BCUT2D eigenvalue weighted by Gasteiger charge is -2.05. The molecule has 0 amide bonds. The minimum atomic E-state index is -0.758. The first-order chi connectivity index (χ1) is 11.0. The van der Waals surface area contributed by atoms with Crippen molar-refractivity contribution in [2.45, 2.75) is 13.8 Å². The molecule has 1 heterocycles. The number of benzene rings is 1.